The molecule has 0 radical (unpaired) electrons. The van der Waals surface area contributed by atoms with Crippen molar-refractivity contribution in [3.8, 4) is 17.2 Å². The summed E-state index contributed by atoms with van der Waals surface area (Å²) < 4.78 is 12.0. The van der Waals surface area contributed by atoms with Crippen LogP contribution in [0.4, 0.5) is 0 Å². The molecule has 0 aliphatic carbocycles. The van der Waals surface area contributed by atoms with Crippen LogP contribution in [0.3, 0.4) is 0 Å². The van der Waals surface area contributed by atoms with Gasteiger partial charge < -0.3 is 24.4 Å². The first kappa shape index (κ1) is 30.6. The third kappa shape index (κ3) is 7.18. The summed E-state index contributed by atoms with van der Waals surface area (Å²) in [5, 5.41) is 11.6. The summed E-state index contributed by atoms with van der Waals surface area (Å²) in [4.78, 5) is 30.9. The molecule has 1 atom stereocenters. The second kappa shape index (κ2) is 14.5. The van der Waals surface area contributed by atoms with Crippen molar-refractivity contribution in [2.24, 2.45) is 0 Å². The maximum Gasteiger partial charge on any atom is 0.295 e. The molecule has 1 saturated heterocycles. The maximum absolute atomic E-state index is 13.6. The van der Waals surface area contributed by atoms with Gasteiger partial charge in [0, 0.05) is 12.1 Å². The van der Waals surface area contributed by atoms with Crippen LogP contribution in [0.15, 0.2) is 115 Å². The Morgan fingerprint density at radius 2 is 1.45 bits per heavy atom. The van der Waals surface area contributed by atoms with Gasteiger partial charge in [0.15, 0.2) is 0 Å². The van der Waals surface area contributed by atoms with E-state index in [1.165, 1.54) is 0 Å². The van der Waals surface area contributed by atoms with E-state index in [0.717, 1.165) is 25.2 Å². The van der Waals surface area contributed by atoms with Crippen molar-refractivity contribution in [1.82, 2.24) is 9.80 Å². The Kier molecular flexibility index (Phi) is 10.1. The van der Waals surface area contributed by atoms with Gasteiger partial charge in [-0.05, 0) is 85.7 Å². The van der Waals surface area contributed by atoms with E-state index in [1.54, 1.807) is 29.2 Å². The highest BCUT2D eigenvalue weighted by molar-refractivity contribution is 6.46. The average Bonchev–Trinajstić information content (AvgIpc) is 3.32. The molecule has 1 heterocycles. The average molecular weight is 591 g/mol. The second-order valence-corrected chi connectivity index (χ2v) is 10.7. The van der Waals surface area contributed by atoms with Gasteiger partial charge in [0.05, 0.1) is 11.6 Å². The van der Waals surface area contributed by atoms with Crippen molar-refractivity contribution in [3.05, 3.63) is 131 Å². The minimum absolute atomic E-state index is 0.0626. The number of carbonyl (C=O) groups excluding carboxylic acids is 2. The maximum atomic E-state index is 13.6. The van der Waals surface area contributed by atoms with E-state index in [0.29, 0.717) is 47.9 Å². The highest BCUT2D eigenvalue weighted by Gasteiger charge is 2.46. The lowest BCUT2D eigenvalue weighted by Gasteiger charge is -2.27. The number of aliphatic hydroxyl groups is 1. The number of benzene rings is 4. The zero-order valence-corrected chi connectivity index (χ0v) is 25.2. The van der Waals surface area contributed by atoms with Crippen LogP contribution in [0.5, 0.6) is 17.2 Å². The van der Waals surface area contributed by atoms with Gasteiger partial charge in [0.2, 0.25) is 0 Å². The molecule has 1 aliphatic heterocycles. The molecule has 4 aromatic carbocycles. The fourth-order valence-electron chi connectivity index (χ4n) is 5.44. The summed E-state index contributed by atoms with van der Waals surface area (Å²) in [5.74, 6) is 0.338. The minimum atomic E-state index is -0.764. The molecule has 0 saturated carbocycles. The fraction of sp³-hybridized carbons (Fsp3) is 0.243. The van der Waals surface area contributed by atoms with E-state index in [-0.39, 0.29) is 11.3 Å². The summed E-state index contributed by atoms with van der Waals surface area (Å²) in [6.07, 6.45) is 0.693. The predicted molar refractivity (Wildman–Crippen MR) is 172 cm³/mol. The summed E-state index contributed by atoms with van der Waals surface area (Å²) in [5.41, 5.74) is 2.22. The van der Waals surface area contributed by atoms with Crippen LogP contribution in [-0.2, 0) is 16.2 Å². The lowest BCUT2D eigenvalue weighted by Crippen LogP contribution is -2.33. The number of para-hydroxylation sites is 1. The molecule has 0 aromatic heterocycles. The third-order valence-electron chi connectivity index (χ3n) is 7.84. The van der Waals surface area contributed by atoms with Gasteiger partial charge in [0.1, 0.15) is 29.6 Å². The van der Waals surface area contributed by atoms with Crippen molar-refractivity contribution in [2.45, 2.75) is 32.9 Å². The number of aliphatic hydroxyl groups excluding tert-OH is 1. The Morgan fingerprint density at radius 1 is 0.795 bits per heavy atom. The van der Waals surface area contributed by atoms with E-state index in [4.69, 9.17) is 9.47 Å². The zero-order chi connectivity index (χ0) is 30.9. The lowest BCUT2D eigenvalue weighted by molar-refractivity contribution is -0.140. The van der Waals surface area contributed by atoms with Crippen molar-refractivity contribution in [2.75, 3.05) is 26.2 Å². The first-order chi connectivity index (χ1) is 21.5. The van der Waals surface area contributed by atoms with E-state index in [1.807, 2.05) is 84.9 Å². The third-order valence-corrected chi connectivity index (χ3v) is 7.84. The number of ether oxygens (including phenoxy) is 2. The number of hydrogen-bond donors (Lipinski definition) is 1. The van der Waals surface area contributed by atoms with Crippen LogP contribution < -0.4 is 9.47 Å². The Bertz CT molecular complexity index is 1580. The van der Waals surface area contributed by atoms with Gasteiger partial charge in [-0.15, -0.1) is 0 Å². The SMILES string of the molecule is CCN(CC)CCCN1C(=O)C(=O)C(=C(O)c2ccc(OCc3ccccc3)cc2)[C@H]1c1cccc(Oc2ccccc2)c1. The number of rotatable bonds is 13. The van der Waals surface area contributed by atoms with Gasteiger partial charge in [0.25, 0.3) is 11.7 Å². The number of ketones is 1. The van der Waals surface area contributed by atoms with Crippen molar-refractivity contribution in [1.29, 1.82) is 0 Å². The molecule has 1 amide bonds. The van der Waals surface area contributed by atoms with E-state index < -0.39 is 17.7 Å². The summed E-state index contributed by atoms with van der Waals surface area (Å²) in [7, 11) is 0. The molecular weight excluding hydrogens is 552 g/mol. The molecule has 44 heavy (non-hydrogen) atoms. The topological polar surface area (TPSA) is 79.3 Å². The standard InChI is InChI=1S/C37H38N2O5/c1-3-38(4-2)23-12-24-39-34(29-15-11-18-32(25-29)44-31-16-9-6-10-17-31)33(36(41)37(39)42)35(40)28-19-21-30(22-20-28)43-26-27-13-7-5-8-14-27/h5-11,13-22,25,34,40H,3-4,12,23-24,26H2,1-2H3/t34-/m1/s1. The zero-order valence-electron chi connectivity index (χ0n) is 25.2. The number of nitrogens with zero attached hydrogens (tertiary/aromatic N) is 2. The molecule has 0 bridgehead atoms. The Hall–Kier alpha value is -4.88. The van der Waals surface area contributed by atoms with Crippen LogP contribution in [0.2, 0.25) is 0 Å². The Balaban J connectivity index is 1.46. The van der Waals surface area contributed by atoms with Gasteiger partial charge in [-0.25, -0.2) is 0 Å². The highest BCUT2D eigenvalue weighted by atomic mass is 16.5. The first-order valence-electron chi connectivity index (χ1n) is 15.1. The van der Waals surface area contributed by atoms with E-state index in [2.05, 4.69) is 18.7 Å². The molecule has 1 fully saturated rings. The number of likely N-dealkylation sites (tertiary alicyclic amines) is 1. The normalized spacial score (nSPS) is 16.0. The number of Topliss-reactive ketones (excluding diaryl/α,β-unsaturated/α-hetero) is 1. The van der Waals surface area contributed by atoms with Gasteiger partial charge in [-0.3, -0.25) is 9.59 Å². The molecule has 0 unspecified atom stereocenters. The molecule has 1 N–H and O–H groups in total. The van der Waals surface area contributed by atoms with Crippen molar-refractivity contribution in [3.63, 3.8) is 0 Å². The van der Waals surface area contributed by atoms with Crippen LogP contribution in [0, 0.1) is 0 Å². The summed E-state index contributed by atoms with van der Waals surface area (Å²) in [6, 6.07) is 32.8. The van der Waals surface area contributed by atoms with Gasteiger partial charge in [-0.2, -0.15) is 0 Å². The summed E-state index contributed by atoms with van der Waals surface area (Å²) in [6.45, 7) is 7.60. The smallest absolute Gasteiger partial charge is 0.295 e. The van der Waals surface area contributed by atoms with E-state index in [9.17, 15) is 14.7 Å². The van der Waals surface area contributed by atoms with Crippen LogP contribution in [0.1, 0.15) is 43.0 Å². The van der Waals surface area contributed by atoms with Gasteiger partial charge >= 0.3 is 0 Å². The first-order valence-corrected chi connectivity index (χ1v) is 15.1. The minimum Gasteiger partial charge on any atom is -0.507 e. The van der Waals surface area contributed by atoms with Crippen molar-refractivity contribution < 1.29 is 24.2 Å². The van der Waals surface area contributed by atoms with E-state index >= 15 is 0 Å². The molecule has 1 aliphatic rings. The molecule has 5 rings (SSSR count). The molecule has 226 valence electrons. The number of amides is 1. The lowest BCUT2D eigenvalue weighted by atomic mass is 9.95. The van der Waals surface area contributed by atoms with Gasteiger partial charge in [-0.1, -0.05) is 74.5 Å². The second-order valence-electron chi connectivity index (χ2n) is 10.7. The fourth-order valence-corrected chi connectivity index (χ4v) is 5.44. The molecule has 7 heteroatoms. The Labute approximate surface area is 259 Å². The molecular formula is C37H38N2O5. The predicted octanol–water partition coefficient (Wildman–Crippen LogP) is 7.21. The highest BCUT2D eigenvalue weighted by Crippen LogP contribution is 2.41. The molecule has 0 spiro atoms. The number of hydrogen-bond acceptors (Lipinski definition) is 6. The molecule has 4 aromatic rings. The summed E-state index contributed by atoms with van der Waals surface area (Å²) >= 11 is 0. The largest absolute Gasteiger partial charge is 0.507 e. The monoisotopic (exact) mass is 590 g/mol. The van der Waals surface area contributed by atoms with Crippen LogP contribution in [-0.4, -0.2) is 52.8 Å². The Morgan fingerprint density at radius 3 is 2.14 bits per heavy atom. The molecule has 7 nitrogen and oxygen atoms in total. The van der Waals surface area contributed by atoms with Crippen LogP contribution >= 0.6 is 0 Å². The van der Waals surface area contributed by atoms with Crippen LogP contribution in [0.25, 0.3) is 5.76 Å². The number of carbonyl (C=O) groups is 2. The van der Waals surface area contributed by atoms with Crippen molar-refractivity contribution >= 4 is 17.4 Å². The quantitative estimate of drug-likeness (QED) is 0.101.